The van der Waals surface area contributed by atoms with E-state index in [2.05, 4.69) is 5.32 Å². The lowest BCUT2D eigenvalue weighted by Crippen LogP contribution is -2.40. The molecule has 1 fully saturated rings. The minimum atomic E-state index is -0.235. The van der Waals surface area contributed by atoms with Crippen molar-refractivity contribution in [2.45, 2.75) is 18.9 Å². The van der Waals surface area contributed by atoms with E-state index in [-0.39, 0.29) is 12.0 Å². The Hall–Kier alpha value is -0.810. The summed E-state index contributed by atoms with van der Waals surface area (Å²) >= 11 is 11.8. The SMILES string of the molecule is O=C(CN1CCC(O)CC1)Nc1cc(Cl)ccc1Cl. The minimum absolute atomic E-state index is 0.124. The van der Waals surface area contributed by atoms with Crippen LogP contribution in [0, 0.1) is 0 Å². The molecule has 6 heteroatoms. The first-order valence-corrected chi connectivity index (χ1v) is 6.95. The van der Waals surface area contributed by atoms with E-state index in [1.54, 1.807) is 18.2 Å². The molecule has 0 atom stereocenters. The number of piperidine rings is 1. The van der Waals surface area contributed by atoms with Crippen molar-refractivity contribution in [1.82, 2.24) is 4.90 Å². The van der Waals surface area contributed by atoms with Crippen molar-refractivity contribution in [3.8, 4) is 0 Å². The average Bonchev–Trinajstić information content (AvgIpc) is 2.37. The fraction of sp³-hybridized carbons (Fsp3) is 0.462. The van der Waals surface area contributed by atoms with Crippen molar-refractivity contribution in [3.63, 3.8) is 0 Å². The van der Waals surface area contributed by atoms with E-state index in [4.69, 9.17) is 23.2 Å². The lowest BCUT2D eigenvalue weighted by atomic mass is 10.1. The number of rotatable bonds is 3. The van der Waals surface area contributed by atoms with Crippen LogP contribution in [-0.2, 0) is 4.79 Å². The summed E-state index contributed by atoms with van der Waals surface area (Å²) in [5, 5.41) is 13.1. The number of hydrogen-bond donors (Lipinski definition) is 2. The molecule has 1 amide bonds. The Kier molecular flexibility index (Phi) is 5.05. The molecule has 0 aromatic heterocycles. The van der Waals surface area contributed by atoms with Crippen molar-refractivity contribution in [2.24, 2.45) is 0 Å². The van der Waals surface area contributed by atoms with E-state index in [0.717, 1.165) is 13.1 Å². The smallest absolute Gasteiger partial charge is 0.238 e. The van der Waals surface area contributed by atoms with Gasteiger partial charge in [0.05, 0.1) is 23.4 Å². The molecule has 19 heavy (non-hydrogen) atoms. The van der Waals surface area contributed by atoms with Gasteiger partial charge in [0, 0.05) is 18.1 Å². The van der Waals surface area contributed by atoms with Gasteiger partial charge in [0.15, 0.2) is 0 Å². The second kappa shape index (κ2) is 6.57. The monoisotopic (exact) mass is 302 g/mol. The number of amides is 1. The first-order valence-electron chi connectivity index (χ1n) is 6.20. The summed E-state index contributed by atoms with van der Waals surface area (Å²) in [6.45, 7) is 1.77. The molecule has 1 heterocycles. The molecular formula is C13H16Cl2N2O2. The number of anilines is 1. The normalized spacial score (nSPS) is 17.4. The number of likely N-dealkylation sites (tertiary alicyclic amines) is 1. The largest absolute Gasteiger partial charge is 0.393 e. The number of aliphatic hydroxyl groups excluding tert-OH is 1. The molecule has 0 spiro atoms. The molecule has 4 nitrogen and oxygen atoms in total. The molecule has 104 valence electrons. The van der Waals surface area contributed by atoms with Gasteiger partial charge >= 0.3 is 0 Å². The highest BCUT2D eigenvalue weighted by Crippen LogP contribution is 2.25. The van der Waals surface area contributed by atoms with Gasteiger partial charge in [0.2, 0.25) is 5.91 Å². The highest BCUT2D eigenvalue weighted by atomic mass is 35.5. The summed E-state index contributed by atoms with van der Waals surface area (Å²) in [6, 6.07) is 4.95. The number of aliphatic hydroxyl groups is 1. The van der Waals surface area contributed by atoms with Crippen molar-refractivity contribution < 1.29 is 9.90 Å². The number of carbonyl (C=O) groups excluding carboxylic acids is 1. The molecule has 1 saturated heterocycles. The van der Waals surface area contributed by atoms with Crippen LogP contribution in [0.1, 0.15) is 12.8 Å². The summed E-state index contributed by atoms with van der Waals surface area (Å²) in [5.74, 6) is -0.124. The predicted molar refractivity (Wildman–Crippen MR) is 76.8 cm³/mol. The van der Waals surface area contributed by atoms with Crippen LogP contribution in [0.3, 0.4) is 0 Å². The molecule has 0 radical (unpaired) electrons. The number of hydrogen-bond acceptors (Lipinski definition) is 3. The van der Waals surface area contributed by atoms with E-state index < -0.39 is 0 Å². The number of halogens is 2. The summed E-state index contributed by atoms with van der Waals surface area (Å²) in [5.41, 5.74) is 0.524. The summed E-state index contributed by atoms with van der Waals surface area (Å²) < 4.78 is 0. The Morgan fingerprint density at radius 2 is 2.05 bits per heavy atom. The van der Waals surface area contributed by atoms with Gasteiger partial charge in [-0.25, -0.2) is 0 Å². The van der Waals surface area contributed by atoms with Gasteiger partial charge in [-0.15, -0.1) is 0 Å². The summed E-state index contributed by atoms with van der Waals surface area (Å²) in [4.78, 5) is 13.9. The molecule has 2 N–H and O–H groups in total. The van der Waals surface area contributed by atoms with Crippen LogP contribution in [0.15, 0.2) is 18.2 Å². The first-order chi connectivity index (χ1) is 9.04. The van der Waals surface area contributed by atoms with Crippen LogP contribution in [-0.4, -0.2) is 41.7 Å². The molecule has 2 rings (SSSR count). The van der Waals surface area contributed by atoms with Gasteiger partial charge < -0.3 is 10.4 Å². The molecule has 0 bridgehead atoms. The van der Waals surface area contributed by atoms with Gasteiger partial charge in [-0.3, -0.25) is 9.69 Å². The number of carbonyl (C=O) groups is 1. The standard InChI is InChI=1S/C13H16Cl2N2O2/c14-9-1-2-11(15)12(7-9)16-13(19)8-17-5-3-10(18)4-6-17/h1-2,7,10,18H,3-6,8H2,(H,16,19). The molecule has 0 saturated carbocycles. The molecular weight excluding hydrogens is 287 g/mol. The van der Waals surface area contributed by atoms with Crippen molar-refractivity contribution in [3.05, 3.63) is 28.2 Å². The Bertz CT molecular complexity index is 460. The quantitative estimate of drug-likeness (QED) is 0.901. The molecule has 1 aliphatic heterocycles. The third kappa shape index (κ3) is 4.35. The van der Waals surface area contributed by atoms with Gasteiger partial charge in [0.25, 0.3) is 0 Å². The number of benzene rings is 1. The van der Waals surface area contributed by atoms with Gasteiger partial charge in [-0.05, 0) is 31.0 Å². The van der Waals surface area contributed by atoms with E-state index in [0.29, 0.717) is 35.1 Å². The Labute approximate surface area is 122 Å². The molecule has 1 aromatic carbocycles. The lowest BCUT2D eigenvalue weighted by molar-refractivity contribution is -0.117. The summed E-state index contributed by atoms with van der Waals surface area (Å²) in [6.07, 6.45) is 1.19. The zero-order chi connectivity index (χ0) is 13.8. The highest BCUT2D eigenvalue weighted by molar-refractivity contribution is 6.35. The van der Waals surface area contributed by atoms with Gasteiger partial charge in [-0.1, -0.05) is 23.2 Å². The fourth-order valence-electron chi connectivity index (χ4n) is 2.06. The summed E-state index contributed by atoms with van der Waals surface area (Å²) in [7, 11) is 0. The third-order valence-corrected chi connectivity index (χ3v) is 3.69. The van der Waals surface area contributed by atoms with E-state index >= 15 is 0 Å². The van der Waals surface area contributed by atoms with E-state index in [1.807, 2.05) is 4.90 Å². The zero-order valence-corrected chi connectivity index (χ0v) is 11.9. The molecule has 1 aromatic rings. The Morgan fingerprint density at radius 3 is 2.74 bits per heavy atom. The maximum Gasteiger partial charge on any atom is 0.238 e. The van der Waals surface area contributed by atoms with Crippen molar-refractivity contribution in [2.75, 3.05) is 25.0 Å². The van der Waals surface area contributed by atoms with Crippen LogP contribution in [0.2, 0.25) is 10.0 Å². The molecule has 0 unspecified atom stereocenters. The minimum Gasteiger partial charge on any atom is -0.393 e. The third-order valence-electron chi connectivity index (χ3n) is 3.13. The van der Waals surface area contributed by atoms with Crippen LogP contribution < -0.4 is 5.32 Å². The maximum atomic E-state index is 11.9. The van der Waals surface area contributed by atoms with Gasteiger partial charge in [0.1, 0.15) is 0 Å². The molecule has 1 aliphatic rings. The van der Waals surface area contributed by atoms with Crippen molar-refractivity contribution >= 4 is 34.8 Å². The van der Waals surface area contributed by atoms with Crippen LogP contribution in [0.5, 0.6) is 0 Å². The van der Waals surface area contributed by atoms with Crippen molar-refractivity contribution in [1.29, 1.82) is 0 Å². The Morgan fingerprint density at radius 1 is 1.37 bits per heavy atom. The Balaban J connectivity index is 1.89. The van der Waals surface area contributed by atoms with Crippen LogP contribution in [0.25, 0.3) is 0 Å². The number of nitrogens with zero attached hydrogens (tertiary/aromatic N) is 1. The first kappa shape index (κ1) is 14.6. The second-order valence-electron chi connectivity index (χ2n) is 4.68. The zero-order valence-electron chi connectivity index (χ0n) is 10.4. The van der Waals surface area contributed by atoms with Gasteiger partial charge in [-0.2, -0.15) is 0 Å². The van der Waals surface area contributed by atoms with Crippen LogP contribution in [0.4, 0.5) is 5.69 Å². The lowest BCUT2D eigenvalue weighted by Gasteiger charge is -2.28. The fourth-order valence-corrected chi connectivity index (χ4v) is 2.40. The van der Waals surface area contributed by atoms with Crippen LogP contribution >= 0.6 is 23.2 Å². The second-order valence-corrected chi connectivity index (χ2v) is 5.52. The number of nitrogens with one attached hydrogen (secondary N) is 1. The highest BCUT2D eigenvalue weighted by Gasteiger charge is 2.19. The van der Waals surface area contributed by atoms with E-state index in [1.165, 1.54) is 0 Å². The molecule has 0 aliphatic carbocycles. The maximum absolute atomic E-state index is 11.9. The van der Waals surface area contributed by atoms with E-state index in [9.17, 15) is 9.90 Å². The predicted octanol–water partition coefficient (Wildman–Crippen LogP) is 2.39. The topological polar surface area (TPSA) is 52.6 Å². The average molecular weight is 303 g/mol.